The summed E-state index contributed by atoms with van der Waals surface area (Å²) in [5, 5.41) is 9.11. The molecule has 1 aromatic carbocycles. The van der Waals surface area contributed by atoms with Crippen LogP contribution in [0.5, 0.6) is 0 Å². The van der Waals surface area contributed by atoms with Gasteiger partial charge in [-0.3, -0.25) is 0 Å². The largest absolute Gasteiger partial charge is 0.396 e. The summed E-state index contributed by atoms with van der Waals surface area (Å²) in [6.07, 6.45) is 0. The maximum absolute atomic E-state index is 13.3. The second-order valence-electron chi connectivity index (χ2n) is 4.15. The monoisotopic (exact) mass is 197 g/mol. The Hall–Kier alpha value is -0.930. The summed E-state index contributed by atoms with van der Waals surface area (Å²) < 4.78 is 13.3. The first-order chi connectivity index (χ1) is 6.49. The molecule has 1 aromatic rings. The first kappa shape index (κ1) is 11.1. The molecule has 0 aliphatic heterocycles. The number of benzene rings is 1. The third kappa shape index (κ3) is 2.11. The third-order valence-electron chi connectivity index (χ3n) is 2.49. The molecule has 2 nitrogen and oxygen atoms in total. The number of aliphatic hydroxyl groups excluding tert-OH is 1. The number of hydrogen-bond donors (Lipinski definition) is 2. The molecule has 0 heterocycles. The highest BCUT2D eigenvalue weighted by molar-refractivity contribution is 5.22. The quantitative estimate of drug-likeness (QED) is 0.776. The Balaban J connectivity index is 3.00. The molecule has 0 saturated carbocycles. The average molecular weight is 197 g/mol. The maximum Gasteiger partial charge on any atom is 0.127 e. The summed E-state index contributed by atoms with van der Waals surface area (Å²) >= 11 is 0. The first-order valence-corrected chi connectivity index (χ1v) is 4.60. The van der Waals surface area contributed by atoms with Gasteiger partial charge in [-0.05, 0) is 6.07 Å². The summed E-state index contributed by atoms with van der Waals surface area (Å²) in [5.41, 5.74) is 5.82. The van der Waals surface area contributed by atoms with Gasteiger partial charge in [-0.15, -0.1) is 0 Å². The molecule has 78 valence electrons. The molecule has 0 aliphatic carbocycles. The molecular formula is C11H16FNO. The van der Waals surface area contributed by atoms with Crippen LogP contribution in [0.2, 0.25) is 0 Å². The van der Waals surface area contributed by atoms with E-state index in [0.29, 0.717) is 5.56 Å². The predicted octanol–water partition coefficient (Wildman–Crippen LogP) is 1.84. The van der Waals surface area contributed by atoms with E-state index in [0.717, 1.165) is 0 Å². The highest BCUT2D eigenvalue weighted by atomic mass is 19.1. The first-order valence-electron chi connectivity index (χ1n) is 4.60. The van der Waals surface area contributed by atoms with Crippen LogP contribution in [0.25, 0.3) is 0 Å². The van der Waals surface area contributed by atoms with Gasteiger partial charge < -0.3 is 10.8 Å². The van der Waals surface area contributed by atoms with Gasteiger partial charge in [0.1, 0.15) is 5.82 Å². The fourth-order valence-corrected chi connectivity index (χ4v) is 1.25. The van der Waals surface area contributed by atoms with Crippen molar-refractivity contribution >= 4 is 0 Å². The minimum absolute atomic E-state index is 0.0670. The molecule has 1 rings (SSSR count). The van der Waals surface area contributed by atoms with E-state index in [-0.39, 0.29) is 12.4 Å². The Morgan fingerprint density at radius 2 is 2.00 bits per heavy atom. The Bertz CT molecular complexity index is 312. The molecule has 0 radical (unpaired) electrons. The van der Waals surface area contributed by atoms with Gasteiger partial charge in [0, 0.05) is 23.6 Å². The summed E-state index contributed by atoms with van der Waals surface area (Å²) in [5.74, 6) is -0.318. The van der Waals surface area contributed by atoms with Crippen LogP contribution < -0.4 is 5.73 Å². The van der Waals surface area contributed by atoms with Crippen LogP contribution in [0.3, 0.4) is 0 Å². The molecule has 1 atom stereocenters. The van der Waals surface area contributed by atoms with Crippen LogP contribution >= 0.6 is 0 Å². The number of rotatable bonds is 3. The van der Waals surface area contributed by atoms with E-state index in [4.69, 9.17) is 10.8 Å². The van der Waals surface area contributed by atoms with Crippen molar-refractivity contribution in [2.45, 2.75) is 19.9 Å². The van der Waals surface area contributed by atoms with Crippen molar-refractivity contribution in [3.8, 4) is 0 Å². The lowest BCUT2D eigenvalue weighted by Gasteiger charge is -2.29. The van der Waals surface area contributed by atoms with Crippen molar-refractivity contribution < 1.29 is 9.50 Å². The highest BCUT2D eigenvalue weighted by Gasteiger charge is 2.28. The molecular weight excluding hydrogens is 181 g/mol. The zero-order valence-corrected chi connectivity index (χ0v) is 8.50. The molecule has 0 saturated heterocycles. The van der Waals surface area contributed by atoms with Gasteiger partial charge in [-0.1, -0.05) is 32.0 Å². The van der Waals surface area contributed by atoms with E-state index in [1.807, 2.05) is 13.8 Å². The molecule has 0 amide bonds. The Morgan fingerprint density at radius 1 is 1.43 bits per heavy atom. The van der Waals surface area contributed by atoms with Gasteiger partial charge in [0.15, 0.2) is 0 Å². The third-order valence-corrected chi connectivity index (χ3v) is 2.49. The number of halogens is 1. The van der Waals surface area contributed by atoms with E-state index in [1.54, 1.807) is 18.2 Å². The van der Waals surface area contributed by atoms with Gasteiger partial charge in [0.2, 0.25) is 0 Å². The fraction of sp³-hybridized carbons (Fsp3) is 0.455. The molecule has 0 aliphatic rings. The van der Waals surface area contributed by atoms with E-state index >= 15 is 0 Å². The summed E-state index contributed by atoms with van der Waals surface area (Å²) in [6.45, 7) is 3.55. The Labute approximate surface area is 83.6 Å². The molecule has 0 bridgehead atoms. The SMILES string of the molecule is CC(C)(CO)[C@@H](N)c1ccccc1F. The lowest BCUT2D eigenvalue weighted by molar-refractivity contribution is 0.131. The van der Waals surface area contributed by atoms with Crippen molar-refractivity contribution in [2.75, 3.05) is 6.61 Å². The standard InChI is InChI=1S/C11H16FNO/c1-11(2,7-14)10(13)8-5-3-4-6-9(8)12/h3-6,10,14H,7,13H2,1-2H3/t10-/m0/s1. The highest BCUT2D eigenvalue weighted by Crippen LogP contribution is 2.31. The zero-order valence-electron chi connectivity index (χ0n) is 8.50. The van der Waals surface area contributed by atoms with Gasteiger partial charge in [-0.2, -0.15) is 0 Å². The molecule has 3 heteroatoms. The van der Waals surface area contributed by atoms with E-state index in [9.17, 15) is 4.39 Å². The molecule has 0 unspecified atom stereocenters. The minimum atomic E-state index is -0.512. The second kappa shape index (κ2) is 4.07. The van der Waals surface area contributed by atoms with Crippen molar-refractivity contribution in [3.05, 3.63) is 35.6 Å². The van der Waals surface area contributed by atoms with Crippen molar-refractivity contribution in [2.24, 2.45) is 11.1 Å². The van der Waals surface area contributed by atoms with Crippen LogP contribution in [-0.4, -0.2) is 11.7 Å². The van der Waals surface area contributed by atoms with Crippen molar-refractivity contribution in [1.82, 2.24) is 0 Å². The Kier molecular flexibility index (Phi) is 3.24. The lowest BCUT2D eigenvalue weighted by atomic mass is 9.82. The van der Waals surface area contributed by atoms with Crippen LogP contribution in [0, 0.1) is 11.2 Å². The van der Waals surface area contributed by atoms with Gasteiger partial charge >= 0.3 is 0 Å². The summed E-state index contributed by atoms with van der Waals surface area (Å²) in [4.78, 5) is 0. The van der Waals surface area contributed by atoms with E-state index in [2.05, 4.69) is 0 Å². The number of hydrogen-bond acceptors (Lipinski definition) is 2. The van der Waals surface area contributed by atoms with Gasteiger partial charge in [0.25, 0.3) is 0 Å². The topological polar surface area (TPSA) is 46.2 Å². The van der Waals surface area contributed by atoms with Crippen molar-refractivity contribution in [3.63, 3.8) is 0 Å². The van der Waals surface area contributed by atoms with Crippen LogP contribution in [0.4, 0.5) is 4.39 Å². The summed E-state index contributed by atoms with van der Waals surface area (Å²) in [6, 6.07) is 5.90. The van der Waals surface area contributed by atoms with Gasteiger partial charge in [-0.25, -0.2) is 4.39 Å². The average Bonchev–Trinajstić information content (AvgIpc) is 2.17. The zero-order chi connectivity index (χ0) is 10.8. The lowest BCUT2D eigenvalue weighted by Crippen LogP contribution is -2.33. The molecule has 0 spiro atoms. The van der Waals surface area contributed by atoms with E-state index in [1.165, 1.54) is 6.07 Å². The summed E-state index contributed by atoms with van der Waals surface area (Å²) in [7, 11) is 0. The van der Waals surface area contributed by atoms with Crippen LogP contribution in [-0.2, 0) is 0 Å². The minimum Gasteiger partial charge on any atom is -0.396 e. The van der Waals surface area contributed by atoms with Crippen molar-refractivity contribution in [1.29, 1.82) is 0 Å². The second-order valence-corrected chi connectivity index (χ2v) is 4.15. The fourth-order valence-electron chi connectivity index (χ4n) is 1.25. The Morgan fingerprint density at radius 3 is 2.50 bits per heavy atom. The predicted molar refractivity (Wildman–Crippen MR) is 54.2 cm³/mol. The normalized spacial score (nSPS) is 14.1. The number of aliphatic hydroxyl groups is 1. The smallest absolute Gasteiger partial charge is 0.127 e. The molecule has 0 aromatic heterocycles. The molecule has 3 N–H and O–H groups in total. The van der Waals surface area contributed by atoms with Gasteiger partial charge in [0.05, 0.1) is 0 Å². The van der Waals surface area contributed by atoms with E-state index < -0.39 is 11.5 Å². The maximum atomic E-state index is 13.3. The number of nitrogens with two attached hydrogens (primary N) is 1. The molecule has 0 fully saturated rings. The van der Waals surface area contributed by atoms with Crippen LogP contribution in [0.1, 0.15) is 25.5 Å². The molecule has 14 heavy (non-hydrogen) atoms. The van der Waals surface area contributed by atoms with Crippen LogP contribution in [0.15, 0.2) is 24.3 Å².